The van der Waals surface area contributed by atoms with Gasteiger partial charge in [-0.1, -0.05) is 0 Å². The molecule has 6 N–H and O–H groups in total. The van der Waals surface area contributed by atoms with Crippen molar-refractivity contribution in [2.45, 2.75) is 30.7 Å². The fourth-order valence-electron chi connectivity index (χ4n) is 1.83. The van der Waals surface area contributed by atoms with Crippen molar-refractivity contribution in [1.29, 1.82) is 0 Å². The van der Waals surface area contributed by atoms with Crippen LogP contribution in [0.15, 0.2) is 12.3 Å². The number of amides is 2. The molecule has 2 aliphatic rings. The Hall–Kier alpha value is -1.19. The zero-order valence-corrected chi connectivity index (χ0v) is 8.93. The van der Waals surface area contributed by atoms with Crippen LogP contribution in [0.2, 0.25) is 0 Å². The second kappa shape index (κ2) is 4.59. The number of hydrogen-bond donors (Lipinski definition) is 5. The maximum Gasteiger partial charge on any atom is 0.325 e. The lowest BCUT2D eigenvalue weighted by molar-refractivity contribution is -0.0660. The van der Waals surface area contributed by atoms with Crippen LogP contribution in [0.1, 0.15) is 0 Å². The van der Waals surface area contributed by atoms with Crippen molar-refractivity contribution >= 4 is 6.03 Å². The van der Waals surface area contributed by atoms with E-state index in [9.17, 15) is 15.0 Å². The number of rotatable bonds is 2. The van der Waals surface area contributed by atoms with E-state index in [2.05, 4.69) is 5.32 Å². The van der Waals surface area contributed by atoms with Crippen LogP contribution in [-0.2, 0) is 4.74 Å². The van der Waals surface area contributed by atoms with Gasteiger partial charge in [0, 0.05) is 6.20 Å². The summed E-state index contributed by atoms with van der Waals surface area (Å²) < 4.78 is 5.20. The number of carbonyl (C=O) groups is 1. The quantitative estimate of drug-likeness (QED) is 0.359. The number of hydrogen-bond acceptors (Lipinski definition) is 6. The highest BCUT2D eigenvalue weighted by atomic mass is 16.6. The normalized spacial score (nSPS) is 41.8. The maximum absolute atomic E-state index is 11.6. The predicted molar refractivity (Wildman–Crippen MR) is 55.2 cm³/mol. The third kappa shape index (κ3) is 2.13. The highest BCUT2D eigenvalue weighted by Gasteiger charge is 2.46. The lowest BCUT2D eigenvalue weighted by Crippen LogP contribution is -2.55. The summed E-state index contributed by atoms with van der Waals surface area (Å²) in [5.41, 5.74) is 5.46. The van der Waals surface area contributed by atoms with Crippen molar-refractivity contribution in [1.82, 2.24) is 10.2 Å². The molecular weight excluding hydrogens is 230 g/mol. The Bertz CT molecular complexity index is 337. The van der Waals surface area contributed by atoms with Crippen LogP contribution in [0, 0.1) is 0 Å². The van der Waals surface area contributed by atoms with Crippen LogP contribution in [0.3, 0.4) is 0 Å². The lowest BCUT2D eigenvalue weighted by atomic mass is 10.1. The molecule has 0 bridgehead atoms. The first-order valence-corrected chi connectivity index (χ1v) is 5.20. The Labute approximate surface area is 97.3 Å². The summed E-state index contributed by atoms with van der Waals surface area (Å²) in [6, 6.07) is -0.533. The Kier molecular flexibility index (Phi) is 3.31. The van der Waals surface area contributed by atoms with Gasteiger partial charge in [-0.3, -0.25) is 4.90 Å². The molecule has 0 unspecified atom stereocenters. The van der Waals surface area contributed by atoms with Gasteiger partial charge in [-0.15, -0.1) is 0 Å². The van der Waals surface area contributed by atoms with Crippen LogP contribution in [0.25, 0.3) is 0 Å². The molecule has 96 valence electrons. The molecule has 2 amide bonds. The van der Waals surface area contributed by atoms with Crippen molar-refractivity contribution in [3.63, 3.8) is 0 Å². The topological polar surface area (TPSA) is 128 Å². The number of nitrogens with two attached hydrogens (primary N) is 1. The van der Waals surface area contributed by atoms with E-state index in [4.69, 9.17) is 15.6 Å². The van der Waals surface area contributed by atoms with E-state index < -0.39 is 43.3 Å². The van der Waals surface area contributed by atoms with Gasteiger partial charge in [-0.05, 0) is 6.08 Å². The zero-order valence-electron chi connectivity index (χ0n) is 8.93. The van der Waals surface area contributed by atoms with Gasteiger partial charge in [-0.25, -0.2) is 4.79 Å². The average Bonchev–Trinajstić information content (AvgIpc) is 2.57. The fourth-order valence-corrected chi connectivity index (χ4v) is 1.83. The van der Waals surface area contributed by atoms with Gasteiger partial charge < -0.3 is 31.1 Å². The van der Waals surface area contributed by atoms with Crippen LogP contribution >= 0.6 is 0 Å². The van der Waals surface area contributed by atoms with E-state index in [1.807, 2.05) is 0 Å². The molecule has 0 aromatic carbocycles. The van der Waals surface area contributed by atoms with Crippen molar-refractivity contribution in [3.8, 4) is 0 Å². The molecule has 2 heterocycles. The summed E-state index contributed by atoms with van der Waals surface area (Å²) in [4.78, 5) is 12.7. The first kappa shape index (κ1) is 12.3. The van der Waals surface area contributed by atoms with Gasteiger partial charge in [0.25, 0.3) is 0 Å². The zero-order chi connectivity index (χ0) is 12.6. The summed E-state index contributed by atoms with van der Waals surface area (Å²) in [5, 5.41) is 30.6. The third-order valence-corrected chi connectivity index (χ3v) is 2.77. The number of urea groups is 1. The van der Waals surface area contributed by atoms with Gasteiger partial charge in [0.2, 0.25) is 0 Å². The molecule has 8 heteroatoms. The van der Waals surface area contributed by atoms with Gasteiger partial charge in [-0.2, -0.15) is 0 Å². The Morgan fingerprint density at radius 1 is 1.47 bits per heavy atom. The molecule has 5 atom stereocenters. The Morgan fingerprint density at radius 2 is 2.18 bits per heavy atom. The summed E-state index contributed by atoms with van der Waals surface area (Å²) in [7, 11) is 0. The van der Waals surface area contributed by atoms with Gasteiger partial charge in [0.1, 0.15) is 18.3 Å². The smallest absolute Gasteiger partial charge is 0.325 e. The average molecular weight is 245 g/mol. The Morgan fingerprint density at radius 3 is 2.71 bits per heavy atom. The number of nitrogens with one attached hydrogen (secondary N) is 1. The summed E-state index contributed by atoms with van der Waals surface area (Å²) in [6.45, 7) is -0.437. The van der Waals surface area contributed by atoms with E-state index in [0.717, 1.165) is 4.90 Å². The number of carbonyl (C=O) groups excluding carboxylic acids is 1. The molecule has 0 aromatic heterocycles. The van der Waals surface area contributed by atoms with Gasteiger partial charge in [0.05, 0.1) is 12.8 Å². The molecule has 8 nitrogen and oxygen atoms in total. The Balaban J connectivity index is 2.13. The SMILES string of the molecule is N[C@H]1C=CN([C@H]2O[C@@H](CO)[C@H](O)[C@H]2O)C(=O)N1. The van der Waals surface area contributed by atoms with Crippen LogP contribution in [0.4, 0.5) is 4.79 Å². The van der Waals surface area contributed by atoms with Gasteiger partial charge >= 0.3 is 6.03 Å². The molecule has 0 spiro atoms. The summed E-state index contributed by atoms with van der Waals surface area (Å²) in [6.07, 6.45) is -2.16. The molecule has 0 aliphatic carbocycles. The molecule has 1 fully saturated rings. The molecule has 0 aromatic rings. The number of aliphatic hydroxyl groups excluding tert-OH is 3. The molecule has 2 rings (SSSR count). The fraction of sp³-hybridized carbons (Fsp3) is 0.667. The predicted octanol–water partition coefficient (Wildman–Crippen LogP) is -2.75. The third-order valence-electron chi connectivity index (χ3n) is 2.77. The lowest BCUT2D eigenvalue weighted by Gasteiger charge is -2.31. The first-order chi connectivity index (χ1) is 8.04. The molecule has 0 radical (unpaired) electrons. The second-order valence-corrected chi connectivity index (χ2v) is 3.95. The summed E-state index contributed by atoms with van der Waals surface area (Å²) in [5.74, 6) is 0. The first-order valence-electron chi connectivity index (χ1n) is 5.20. The minimum absolute atomic E-state index is 0.437. The highest BCUT2D eigenvalue weighted by Crippen LogP contribution is 2.25. The van der Waals surface area contributed by atoms with Crippen molar-refractivity contribution < 1.29 is 24.9 Å². The van der Waals surface area contributed by atoms with Crippen LogP contribution in [-0.4, -0.2) is 63.6 Å². The molecule has 0 saturated carbocycles. The maximum atomic E-state index is 11.6. The molecule has 1 saturated heterocycles. The van der Waals surface area contributed by atoms with Crippen molar-refractivity contribution in [3.05, 3.63) is 12.3 Å². The molecule has 2 aliphatic heterocycles. The van der Waals surface area contributed by atoms with E-state index in [1.54, 1.807) is 0 Å². The standard InChI is InChI=1S/C9H15N3O5/c10-5-1-2-12(9(16)11-5)8-7(15)6(14)4(3-13)17-8/h1-2,4-8,13-15H,3,10H2,(H,11,16)/t4-,5+,6-,7+,8-/m0/s1. The van der Waals surface area contributed by atoms with Crippen molar-refractivity contribution in [2.24, 2.45) is 5.73 Å². The molecule has 17 heavy (non-hydrogen) atoms. The molecular formula is C9H15N3O5. The highest BCUT2D eigenvalue weighted by molar-refractivity contribution is 5.77. The van der Waals surface area contributed by atoms with E-state index in [1.165, 1.54) is 12.3 Å². The van der Waals surface area contributed by atoms with Gasteiger partial charge in [0.15, 0.2) is 6.23 Å². The number of ether oxygens (including phenoxy) is 1. The minimum atomic E-state index is -1.28. The minimum Gasteiger partial charge on any atom is -0.394 e. The van der Waals surface area contributed by atoms with Crippen molar-refractivity contribution in [2.75, 3.05) is 6.61 Å². The number of aliphatic hydroxyl groups is 3. The monoisotopic (exact) mass is 245 g/mol. The van der Waals surface area contributed by atoms with E-state index >= 15 is 0 Å². The van der Waals surface area contributed by atoms with E-state index in [0.29, 0.717) is 0 Å². The van der Waals surface area contributed by atoms with Crippen LogP contribution in [0.5, 0.6) is 0 Å². The van der Waals surface area contributed by atoms with E-state index in [-0.39, 0.29) is 0 Å². The summed E-state index contributed by atoms with van der Waals surface area (Å²) >= 11 is 0. The number of nitrogens with zero attached hydrogens (tertiary/aromatic N) is 1. The largest absolute Gasteiger partial charge is 0.394 e. The second-order valence-electron chi connectivity index (χ2n) is 3.95. The van der Waals surface area contributed by atoms with Crippen LogP contribution < -0.4 is 11.1 Å².